The molecule has 1 aromatic heterocycles. The van der Waals surface area contributed by atoms with E-state index in [4.69, 9.17) is 9.84 Å². The first-order valence-corrected chi connectivity index (χ1v) is 6.38. The summed E-state index contributed by atoms with van der Waals surface area (Å²) in [5.74, 6) is 0.0653. The summed E-state index contributed by atoms with van der Waals surface area (Å²) in [6, 6.07) is 5.04. The first-order valence-electron chi connectivity index (χ1n) is 6.38. The van der Waals surface area contributed by atoms with Gasteiger partial charge in [-0.25, -0.2) is 9.78 Å². The highest BCUT2D eigenvalue weighted by molar-refractivity contribution is 5.92. The zero-order valence-electron chi connectivity index (χ0n) is 11.2. The van der Waals surface area contributed by atoms with Gasteiger partial charge in [0.2, 0.25) is 0 Å². The molecular formula is C14H18N2O3. The fourth-order valence-electron chi connectivity index (χ4n) is 2.15. The Morgan fingerprint density at radius 1 is 1.47 bits per heavy atom. The highest BCUT2D eigenvalue weighted by Gasteiger charge is 2.12. The van der Waals surface area contributed by atoms with Crippen molar-refractivity contribution < 1.29 is 14.6 Å². The maximum Gasteiger partial charge on any atom is 0.335 e. The number of carboxylic acid groups (broad SMARTS) is 1. The number of aromatic nitrogens is 2. The number of aryl methyl sites for hydroxylation is 1. The van der Waals surface area contributed by atoms with Crippen molar-refractivity contribution in [1.29, 1.82) is 0 Å². The van der Waals surface area contributed by atoms with Crippen molar-refractivity contribution in [1.82, 2.24) is 9.55 Å². The van der Waals surface area contributed by atoms with Gasteiger partial charge in [-0.1, -0.05) is 6.92 Å². The van der Waals surface area contributed by atoms with Crippen LogP contribution < -0.4 is 0 Å². The second-order valence-electron chi connectivity index (χ2n) is 4.43. The summed E-state index contributed by atoms with van der Waals surface area (Å²) in [6.07, 6.45) is 1.88. The van der Waals surface area contributed by atoms with Crippen molar-refractivity contribution in [2.75, 3.05) is 13.7 Å². The van der Waals surface area contributed by atoms with Gasteiger partial charge in [0, 0.05) is 20.1 Å². The third kappa shape index (κ3) is 2.76. The summed E-state index contributed by atoms with van der Waals surface area (Å²) in [5.41, 5.74) is 1.99. The molecule has 0 saturated heterocycles. The van der Waals surface area contributed by atoms with Gasteiger partial charge >= 0.3 is 5.97 Å². The third-order valence-electron chi connectivity index (χ3n) is 3.07. The maximum atomic E-state index is 11.0. The van der Waals surface area contributed by atoms with E-state index in [0.29, 0.717) is 13.2 Å². The largest absolute Gasteiger partial charge is 0.478 e. The molecule has 19 heavy (non-hydrogen) atoms. The van der Waals surface area contributed by atoms with E-state index in [-0.39, 0.29) is 5.56 Å². The van der Waals surface area contributed by atoms with Crippen molar-refractivity contribution in [3.63, 3.8) is 0 Å². The molecule has 0 amide bonds. The minimum Gasteiger partial charge on any atom is -0.478 e. The predicted molar refractivity (Wildman–Crippen MR) is 72.6 cm³/mol. The summed E-state index contributed by atoms with van der Waals surface area (Å²) in [4.78, 5) is 15.6. The molecule has 0 aliphatic rings. The molecule has 102 valence electrons. The summed E-state index contributed by atoms with van der Waals surface area (Å²) < 4.78 is 7.16. The zero-order valence-corrected chi connectivity index (χ0v) is 11.2. The van der Waals surface area contributed by atoms with Crippen LogP contribution in [0.2, 0.25) is 0 Å². The van der Waals surface area contributed by atoms with Crippen LogP contribution in [0.1, 0.15) is 29.5 Å². The van der Waals surface area contributed by atoms with Crippen LogP contribution in [-0.2, 0) is 17.7 Å². The Labute approximate surface area is 111 Å². The SMILES string of the molecule is CCCc1nc2ccc(C(=O)O)cc2n1CCOC. The molecule has 5 heteroatoms. The van der Waals surface area contributed by atoms with Gasteiger partial charge in [-0.3, -0.25) is 0 Å². The van der Waals surface area contributed by atoms with Gasteiger partial charge < -0.3 is 14.4 Å². The molecule has 0 unspecified atom stereocenters. The fourth-order valence-corrected chi connectivity index (χ4v) is 2.15. The summed E-state index contributed by atoms with van der Waals surface area (Å²) in [6.45, 7) is 3.37. The van der Waals surface area contributed by atoms with Crippen molar-refractivity contribution in [2.45, 2.75) is 26.3 Å². The van der Waals surface area contributed by atoms with Crippen LogP contribution in [0.4, 0.5) is 0 Å². The molecule has 1 aromatic carbocycles. The topological polar surface area (TPSA) is 64.3 Å². The molecule has 0 radical (unpaired) electrons. The number of ether oxygens (including phenoxy) is 1. The molecule has 2 rings (SSSR count). The molecule has 2 aromatic rings. The van der Waals surface area contributed by atoms with Gasteiger partial charge in [-0.15, -0.1) is 0 Å². The average molecular weight is 262 g/mol. The Morgan fingerprint density at radius 3 is 2.89 bits per heavy atom. The standard InChI is InChI=1S/C14H18N2O3/c1-3-4-13-15-11-6-5-10(14(17)18)9-12(11)16(13)7-8-19-2/h5-6,9H,3-4,7-8H2,1-2H3,(H,17,18). The first-order chi connectivity index (χ1) is 9.17. The quantitative estimate of drug-likeness (QED) is 0.867. The number of nitrogens with zero attached hydrogens (tertiary/aromatic N) is 2. The van der Waals surface area contributed by atoms with E-state index in [2.05, 4.69) is 16.5 Å². The Balaban J connectivity index is 2.52. The number of hydrogen-bond acceptors (Lipinski definition) is 3. The second kappa shape index (κ2) is 5.84. The lowest BCUT2D eigenvalue weighted by atomic mass is 10.2. The zero-order chi connectivity index (χ0) is 13.8. The number of hydrogen-bond donors (Lipinski definition) is 1. The lowest BCUT2D eigenvalue weighted by Gasteiger charge is -2.08. The summed E-state index contributed by atoms with van der Waals surface area (Å²) in [7, 11) is 1.65. The van der Waals surface area contributed by atoms with Crippen molar-refractivity contribution >= 4 is 17.0 Å². The Morgan fingerprint density at radius 2 is 2.26 bits per heavy atom. The first kappa shape index (κ1) is 13.5. The molecule has 0 atom stereocenters. The lowest BCUT2D eigenvalue weighted by molar-refractivity contribution is 0.0697. The number of rotatable bonds is 6. The van der Waals surface area contributed by atoms with Crippen LogP contribution in [0.25, 0.3) is 11.0 Å². The number of carbonyl (C=O) groups is 1. The number of carboxylic acids is 1. The lowest BCUT2D eigenvalue weighted by Crippen LogP contribution is -2.08. The number of fused-ring (bicyclic) bond motifs is 1. The van der Waals surface area contributed by atoms with Crippen LogP contribution in [0, 0.1) is 0 Å². The molecule has 5 nitrogen and oxygen atoms in total. The molecule has 0 aliphatic heterocycles. The summed E-state index contributed by atoms with van der Waals surface area (Å²) >= 11 is 0. The van der Waals surface area contributed by atoms with Crippen LogP contribution in [-0.4, -0.2) is 34.3 Å². The van der Waals surface area contributed by atoms with E-state index in [1.165, 1.54) is 0 Å². The van der Waals surface area contributed by atoms with E-state index in [1.807, 2.05) is 0 Å². The molecule has 0 bridgehead atoms. The highest BCUT2D eigenvalue weighted by Crippen LogP contribution is 2.19. The van der Waals surface area contributed by atoms with Crippen LogP contribution >= 0.6 is 0 Å². The van der Waals surface area contributed by atoms with E-state index in [9.17, 15) is 4.79 Å². The van der Waals surface area contributed by atoms with Gasteiger partial charge in [0.15, 0.2) is 0 Å². The number of imidazole rings is 1. The fraction of sp³-hybridized carbons (Fsp3) is 0.429. The number of benzene rings is 1. The van der Waals surface area contributed by atoms with Gasteiger partial charge in [-0.2, -0.15) is 0 Å². The van der Waals surface area contributed by atoms with E-state index < -0.39 is 5.97 Å². The van der Waals surface area contributed by atoms with Crippen molar-refractivity contribution in [3.8, 4) is 0 Å². The minimum absolute atomic E-state index is 0.286. The van der Waals surface area contributed by atoms with E-state index >= 15 is 0 Å². The molecule has 1 heterocycles. The maximum absolute atomic E-state index is 11.0. The number of aromatic carboxylic acids is 1. The van der Waals surface area contributed by atoms with E-state index in [1.54, 1.807) is 25.3 Å². The third-order valence-corrected chi connectivity index (χ3v) is 3.07. The summed E-state index contributed by atoms with van der Waals surface area (Å²) in [5, 5.41) is 9.07. The predicted octanol–water partition coefficient (Wildman–Crippen LogP) is 2.33. The molecule has 0 saturated carbocycles. The Hall–Kier alpha value is -1.88. The van der Waals surface area contributed by atoms with Crippen molar-refractivity contribution in [2.24, 2.45) is 0 Å². The van der Waals surface area contributed by atoms with Crippen LogP contribution in [0.5, 0.6) is 0 Å². The molecule has 0 fully saturated rings. The van der Waals surface area contributed by atoms with E-state index in [0.717, 1.165) is 29.7 Å². The minimum atomic E-state index is -0.918. The molecule has 0 aliphatic carbocycles. The smallest absolute Gasteiger partial charge is 0.335 e. The van der Waals surface area contributed by atoms with Crippen molar-refractivity contribution in [3.05, 3.63) is 29.6 Å². The normalized spacial score (nSPS) is 11.1. The van der Waals surface area contributed by atoms with Crippen LogP contribution in [0.15, 0.2) is 18.2 Å². The Bertz CT molecular complexity index is 590. The molecular weight excluding hydrogens is 244 g/mol. The monoisotopic (exact) mass is 262 g/mol. The van der Waals surface area contributed by atoms with Crippen LogP contribution in [0.3, 0.4) is 0 Å². The average Bonchev–Trinajstić information content (AvgIpc) is 2.73. The van der Waals surface area contributed by atoms with Gasteiger partial charge in [0.25, 0.3) is 0 Å². The molecule has 1 N–H and O–H groups in total. The highest BCUT2D eigenvalue weighted by atomic mass is 16.5. The molecule has 0 spiro atoms. The van der Waals surface area contributed by atoms with Gasteiger partial charge in [-0.05, 0) is 24.6 Å². The van der Waals surface area contributed by atoms with Gasteiger partial charge in [0.05, 0.1) is 23.2 Å². The Kier molecular flexibility index (Phi) is 4.16. The number of methoxy groups -OCH3 is 1. The second-order valence-corrected chi connectivity index (χ2v) is 4.43. The van der Waals surface area contributed by atoms with Gasteiger partial charge in [0.1, 0.15) is 5.82 Å².